The van der Waals surface area contributed by atoms with Gasteiger partial charge in [0.2, 0.25) is 5.91 Å². The van der Waals surface area contributed by atoms with Crippen LogP contribution in [0.3, 0.4) is 0 Å². The molecule has 0 aliphatic carbocycles. The fraction of sp³-hybridized carbons (Fsp3) is 0.545. The molecule has 1 aromatic heterocycles. The maximum Gasteiger partial charge on any atom is 0.245 e. The van der Waals surface area contributed by atoms with Gasteiger partial charge in [-0.2, -0.15) is 0 Å². The molecular weight excluding hydrogens is 284 g/mol. The van der Waals surface area contributed by atoms with Crippen LogP contribution in [0.15, 0.2) is 17.0 Å². The van der Waals surface area contributed by atoms with Gasteiger partial charge in [-0.05, 0) is 41.7 Å². The second-order valence-corrected chi connectivity index (χ2v) is 4.96. The molecule has 1 aromatic rings. The Morgan fingerprint density at radius 3 is 2.94 bits per heavy atom. The second kappa shape index (κ2) is 5.10. The second-order valence-electron chi connectivity index (χ2n) is 4.14. The van der Waals surface area contributed by atoms with Crippen molar-refractivity contribution < 1.29 is 4.79 Å². The van der Waals surface area contributed by atoms with E-state index in [-0.39, 0.29) is 5.91 Å². The lowest BCUT2D eigenvalue weighted by molar-refractivity contribution is -0.122. The van der Waals surface area contributed by atoms with Crippen molar-refractivity contribution in [1.82, 2.24) is 15.3 Å². The number of carbonyl (C=O) groups is 1. The van der Waals surface area contributed by atoms with Gasteiger partial charge in [-0.25, -0.2) is 9.97 Å². The van der Waals surface area contributed by atoms with Crippen molar-refractivity contribution in [2.75, 3.05) is 11.9 Å². The number of nitrogens with zero attached hydrogens (tertiary/aromatic N) is 2. The molecule has 1 aliphatic heterocycles. The van der Waals surface area contributed by atoms with Gasteiger partial charge in [-0.1, -0.05) is 6.92 Å². The van der Waals surface area contributed by atoms with E-state index >= 15 is 0 Å². The topological polar surface area (TPSA) is 66.9 Å². The zero-order valence-electron chi connectivity index (χ0n) is 9.66. The van der Waals surface area contributed by atoms with Gasteiger partial charge in [0.05, 0.1) is 17.9 Å². The van der Waals surface area contributed by atoms with E-state index in [0.29, 0.717) is 10.4 Å². The average molecular weight is 299 g/mol. The summed E-state index contributed by atoms with van der Waals surface area (Å²) < 4.78 is 0.652. The van der Waals surface area contributed by atoms with Crippen LogP contribution >= 0.6 is 15.9 Å². The molecule has 17 heavy (non-hydrogen) atoms. The van der Waals surface area contributed by atoms with Gasteiger partial charge in [0.1, 0.15) is 4.60 Å². The van der Waals surface area contributed by atoms with E-state index in [9.17, 15) is 4.79 Å². The SMILES string of the molecule is CCC1(C(=O)Nc2cnc(Br)cn2)CCCN1. The Kier molecular flexibility index (Phi) is 3.73. The number of hydrogen-bond acceptors (Lipinski definition) is 4. The molecule has 0 bridgehead atoms. The average Bonchev–Trinajstić information content (AvgIpc) is 2.82. The Bertz CT molecular complexity index is 400. The van der Waals surface area contributed by atoms with Crippen molar-refractivity contribution in [2.45, 2.75) is 31.7 Å². The molecule has 2 N–H and O–H groups in total. The molecular formula is C11H15BrN4O. The minimum Gasteiger partial charge on any atom is -0.308 e. The lowest BCUT2D eigenvalue weighted by atomic mass is 9.93. The van der Waals surface area contributed by atoms with Crippen molar-refractivity contribution in [3.63, 3.8) is 0 Å². The number of nitrogens with one attached hydrogen (secondary N) is 2. The van der Waals surface area contributed by atoms with E-state index in [0.717, 1.165) is 25.8 Å². The normalized spacial score (nSPS) is 23.6. The van der Waals surface area contributed by atoms with Gasteiger partial charge >= 0.3 is 0 Å². The van der Waals surface area contributed by atoms with Crippen molar-refractivity contribution in [3.05, 3.63) is 17.0 Å². The Balaban J connectivity index is 2.08. The van der Waals surface area contributed by atoms with Crippen molar-refractivity contribution in [3.8, 4) is 0 Å². The van der Waals surface area contributed by atoms with E-state index in [1.54, 1.807) is 12.4 Å². The summed E-state index contributed by atoms with van der Waals surface area (Å²) in [6.45, 7) is 2.92. The van der Waals surface area contributed by atoms with E-state index in [1.165, 1.54) is 0 Å². The van der Waals surface area contributed by atoms with Gasteiger partial charge in [-0.15, -0.1) is 0 Å². The van der Waals surface area contributed by atoms with Crippen LogP contribution in [0.2, 0.25) is 0 Å². The van der Waals surface area contributed by atoms with Gasteiger partial charge in [0, 0.05) is 0 Å². The summed E-state index contributed by atoms with van der Waals surface area (Å²) in [5.41, 5.74) is -0.436. The van der Waals surface area contributed by atoms with E-state index < -0.39 is 5.54 Å². The Morgan fingerprint density at radius 1 is 1.59 bits per heavy atom. The van der Waals surface area contributed by atoms with Gasteiger partial charge < -0.3 is 10.6 Å². The Labute approximate surface area is 109 Å². The van der Waals surface area contributed by atoms with Gasteiger partial charge in [0.15, 0.2) is 5.82 Å². The molecule has 1 saturated heterocycles. The number of hydrogen-bond donors (Lipinski definition) is 2. The van der Waals surface area contributed by atoms with Crippen LogP contribution in [-0.2, 0) is 4.79 Å². The summed E-state index contributed by atoms with van der Waals surface area (Å²) in [6.07, 6.45) is 5.80. The quantitative estimate of drug-likeness (QED) is 0.891. The van der Waals surface area contributed by atoms with Crippen LogP contribution in [0.1, 0.15) is 26.2 Å². The summed E-state index contributed by atoms with van der Waals surface area (Å²) >= 11 is 3.20. The van der Waals surface area contributed by atoms with Gasteiger partial charge in [0.25, 0.3) is 0 Å². The first kappa shape index (κ1) is 12.4. The predicted molar refractivity (Wildman–Crippen MR) is 68.6 cm³/mol. The maximum atomic E-state index is 12.2. The molecule has 1 fully saturated rings. The standard InChI is InChI=1S/C11H15BrN4O/c1-2-11(4-3-5-15-11)10(17)16-9-7-13-8(12)6-14-9/h6-7,15H,2-5H2,1H3,(H,14,16,17). The first-order valence-electron chi connectivity index (χ1n) is 5.70. The summed E-state index contributed by atoms with van der Waals surface area (Å²) in [7, 11) is 0. The third-order valence-electron chi connectivity index (χ3n) is 3.14. The monoisotopic (exact) mass is 298 g/mol. The molecule has 0 spiro atoms. The van der Waals surface area contributed by atoms with Crippen molar-refractivity contribution in [1.29, 1.82) is 0 Å². The number of anilines is 1. The van der Waals surface area contributed by atoms with E-state index in [1.807, 2.05) is 6.92 Å². The lowest BCUT2D eigenvalue weighted by Crippen LogP contribution is -2.50. The first-order chi connectivity index (χ1) is 8.16. The largest absolute Gasteiger partial charge is 0.308 e. The summed E-state index contributed by atoms with van der Waals surface area (Å²) in [4.78, 5) is 20.3. The number of halogens is 1. The molecule has 5 nitrogen and oxygen atoms in total. The highest BCUT2D eigenvalue weighted by atomic mass is 79.9. The Hall–Kier alpha value is -1.01. The van der Waals surface area contributed by atoms with Crippen LogP contribution in [0.5, 0.6) is 0 Å². The fourth-order valence-electron chi connectivity index (χ4n) is 2.08. The number of aromatic nitrogens is 2. The number of amides is 1. The minimum atomic E-state index is -0.436. The van der Waals surface area contributed by atoms with E-state index in [4.69, 9.17) is 0 Å². The molecule has 0 radical (unpaired) electrons. The molecule has 1 unspecified atom stereocenters. The molecule has 92 valence electrons. The molecule has 1 amide bonds. The van der Waals surface area contributed by atoms with Crippen LogP contribution in [0.25, 0.3) is 0 Å². The zero-order chi connectivity index (χ0) is 12.3. The smallest absolute Gasteiger partial charge is 0.245 e. The third kappa shape index (κ3) is 2.63. The van der Waals surface area contributed by atoms with E-state index in [2.05, 4.69) is 36.5 Å². The minimum absolute atomic E-state index is 0.0193. The highest BCUT2D eigenvalue weighted by molar-refractivity contribution is 9.10. The van der Waals surface area contributed by atoms with Crippen LogP contribution in [-0.4, -0.2) is 28.0 Å². The zero-order valence-corrected chi connectivity index (χ0v) is 11.2. The van der Waals surface area contributed by atoms with Crippen LogP contribution < -0.4 is 10.6 Å². The molecule has 2 heterocycles. The molecule has 1 aliphatic rings. The predicted octanol–water partition coefficient (Wildman–Crippen LogP) is 1.71. The van der Waals surface area contributed by atoms with Crippen LogP contribution in [0.4, 0.5) is 5.82 Å². The fourth-order valence-corrected chi connectivity index (χ4v) is 2.28. The molecule has 0 saturated carbocycles. The van der Waals surface area contributed by atoms with Crippen LogP contribution in [0, 0.1) is 0 Å². The summed E-state index contributed by atoms with van der Waals surface area (Å²) in [5.74, 6) is 0.467. The highest BCUT2D eigenvalue weighted by Gasteiger charge is 2.39. The molecule has 1 atom stereocenters. The lowest BCUT2D eigenvalue weighted by Gasteiger charge is -2.26. The summed E-state index contributed by atoms with van der Waals surface area (Å²) in [6, 6.07) is 0. The Morgan fingerprint density at radius 2 is 2.41 bits per heavy atom. The maximum absolute atomic E-state index is 12.2. The first-order valence-corrected chi connectivity index (χ1v) is 6.49. The van der Waals surface area contributed by atoms with Crippen molar-refractivity contribution in [2.24, 2.45) is 0 Å². The highest BCUT2D eigenvalue weighted by Crippen LogP contribution is 2.24. The molecule has 6 heteroatoms. The molecule has 2 rings (SSSR count). The van der Waals surface area contributed by atoms with Gasteiger partial charge in [-0.3, -0.25) is 4.79 Å². The third-order valence-corrected chi connectivity index (χ3v) is 3.55. The number of carbonyl (C=O) groups excluding carboxylic acids is 1. The number of rotatable bonds is 3. The van der Waals surface area contributed by atoms with Crippen molar-refractivity contribution >= 4 is 27.7 Å². The summed E-state index contributed by atoms with van der Waals surface area (Å²) in [5, 5.41) is 6.09. The molecule has 0 aromatic carbocycles.